The molecule has 0 fully saturated rings. The van der Waals surface area contributed by atoms with Gasteiger partial charge in [-0.15, -0.1) is 0 Å². The van der Waals surface area contributed by atoms with Gasteiger partial charge in [0, 0.05) is 11.6 Å². The summed E-state index contributed by atoms with van der Waals surface area (Å²) in [6.07, 6.45) is 1.24. The number of benzene rings is 3. The van der Waals surface area contributed by atoms with E-state index >= 15 is 0 Å². The van der Waals surface area contributed by atoms with Gasteiger partial charge in [0.25, 0.3) is 11.6 Å². The van der Waals surface area contributed by atoms with Crippen LogP contribution in [-0.4, -0.2) is 26.8 Å². The lowest BCUT2D eigenvalue weighted by molar-refractivity contribution is -0.385. The minimum atomic E-state index is -0.525. The normalized spacial score (nSPS) is 10.9. The summed E-state index contributed by atoms with van der Waals surface area (Å²) >= 11 is 0. The number of hydrazone groups is 1. The average Bonchev–Trinajstić information content (AvgIpc) is 3.26. The van der Waals surface area contributed by atoms with Gasteiger partial charge in [0.05, 0.1) is 28.1 Å². The number of hydrogen-bond donors (Lipinski definition) is 1. The number of rotatable bonds is 6. The number of carbonyl (C=O) groups is 1. The summed E-state index contributed by atoms with van der Waals surface area (Å²) in [6.45, 7) is 2.01. The van der Waals surface area contributed by atoms with Crippen molar-refractivity contribution in [1.82, 2.24) is 15.2 Å². The molecule has 0 radical (unpaired) electrons. The van der Waals surface area contributed by atoms with Crippen LogP contribution in [0.3, 0.4) is 0 Å². The maximum Gasteiger partial charge on any atom is 0.291 e. The molecule has 1 N–H and O–H groups in total. The van der Waals surface area contributed by atoms with E-state index < -0.39 is 10.8 Å². The average molecular weight is 425 g/mol. The maximum absolute atomic E-state index is 12.7. The van der Waals surface area contributed by atoms with Crippen LogP contribution in [-0.2, 0) is 0 Å². The zero-order chi connectivity index (χ0) is 22.5. The standard InChI is InChI=1S/C24H19N5O3/c1-17-11-13-18(14-12-17)23-15-21(27-28(23)20-8-3-2-4-9-20)24(30)26-25-16-19-7-5-6-10-22(19)29(31)32/h2-16H,1H3,(H,26,30)/b25-16-. The molecule has 32 heavy (non-hydrogen) atoms. The minimum absolute atomic E-state index is 0.0967. The number of nitrogens with one attached hydrogen (secondary N) is 1. The van der Waals surface area contributed by atoms with Crippen LogP contribution in [0.15, 0.2) is 90.0 Å². The number of carbonyl (C=O) groups excluding carboxylic acids is 1. The van der Waals surface area contributed by atoms with Gasteiger partial charge < -0.3 is 0 Å². The van der Waals surface area contributed by atoms with E-state index in [1.807, 2.05) is 61.5 Å². The molecule has 8 heteroatoms. The van der Waals surface area contributed by atoms with Crippen molar-refractivity contribution in [2.24, 2.45) is 5.10 Å². The highest BCUT2D eigenvalue weighted by Gasteiger charge is 2.17. The topological polar surface area (TPSA) is 102 Å². The number of amides is 1. The molecule has 3 aromatic carbocycles. The van der Waals surface area contributed by atoms with Gasteiger partial charge >= 0.3 is 0 Å². The Bertz CT molecular complexity index is 1290. The van der Waals surface area contributed by atoms with E-state index in [4.69, 9.17) is 0 Å². The highest BCUT2D eigenvalue weighted by Crippen LogP contribution is 2.24. The number of hydrogen-bond acceptors (Lipinski definition) is 5. The highest BCUT2D eigenvalue weighted by molar-refractivity contribution is 5.94. The van der Waals surface area contributed by atoms with Crippen molar-refractivity contribution in [2.75, 3.05) is 0 Å². The smallest absolute Gasteiger partial charge is 0.265 e. The number of aromatic nitrogens is 2. The van der Waals surface area contributed by atoms with E-state index in [-0.39, 0.29) is 16.9 Å². The van der Waals surface area contributed by atoms with E-state index in [0.29, 0.717) is 0 Å². The first-order valence-electron chi connectivity index (χ1n) is 9.82. The van der Waals surface area contributed by atoms with Crippen molar-refractivity contribution in [1.29, 1.82) is 0 Å². The van der Waals surface area contributed by atoms with Gasteiger partial charge in [-0.3, -0.25) is 14.9 Å². The fraction of sp³-hybridized carbons (Fsp3) is 0.0417. The van der Waals surface area contributed by atoms with Gasteiger partial charge in [0.15, 0.2) is 5.69 Å². The molecule has 158 valence electrons. The van der Waals surface area contributed by atoms with Crippen molar-refractivity contribution in [3.8, 4) is 16.9 Å². The molecule has 4 aromatic rings. The van der Waals surface area contributed by atoms with E-state index in [0.717, 1.165) is 22.5 Å². The van der Waals surface area contributed by atoms with Crippen LogP contribution < -0.4 is 5.43 Å². The van der Waals surface area contributed by atoms with Crippen LogP contribution in [0, 0.1) is 17.0 Å². The van der Waals surface area contributed by atoms with Crippen molar-refractivity contribution in [3.05, 3.63) is 112 Å². The van der Waals surface area contributed by atoms with Crippen molar-refractivity contribution in [2.45, 2.75) is 6.92 Å². The Hall–Kier alpha value is -4.59. The second kappa shape index (κ2) is 9.05. The lowest BCUT2D eigenvalue weighted by atomic mass is 10.1. The third kappa shape index (κ3) is 4.44. The summed E-state index contributed by atoms with van der Waals surface area (Å²) < 4.78 is 1.70. The predicted octanol–water partition coefficient (Wildman–Crippen LogP) is 4.52. The molecule has 0 bridgehead atoms. The molecule has 8 nitrogen and oxygen atoms in total. The summed E-state index contributed by atoms with van der Waals surface area (Å²) in [6, 6.07) is 25.3. The Morgan fingerprint density at radius 3 is 2.44 bits per heavy atom. The van der Waals surface area contributed by atoms with E-state index in [9.17, 15) is 14.9 Å². The van der Waals surface area contributed by atoms with Gasteiger partial charge in [-0.05, 0) is 31.2 Å². The molecule has 0 aliphatic carbocycles. The minimum Gasteiger partial charge on any atom is -0.265 e. The SMILES string of the molecule is Cc1ccc(-c2cc(C(=O)N/N=C\c3ccccc3[N+](=O)[O-])nn2-c2ccccc2)cc1. The Morgan fingerprint density at radius 1 is 1.03 bits per heavy atom. The first-order valence-corrected chi connectivity index (χ1v) is 9.82. The van der Waals surface area contributed by atoms with Crippen LogP contribution in [0.2, 0.25) is 0 Å². The predicted molar refractivity (Wildman–Crippen MR) is 122 cm³/mol. The molecule has 0 saturated heterocycles. The van der Waals surface area contributed by atoms with Gasteiger partial charge in [-0.1, -0.05) is 60.2 Å². The maximum atomic E-state index is 12.7. The lowest BCUT2D eigenvalue weighted by Gasteiger charge is -2.07. The third-order valence-electron chi connectivity index (χ3n) is 4.79. The monoisotopic (exact) mass is 425 g/mol. The quantitative estimate of drug-likeness (QED) is 0.279. The molecule has 1 heterocycles. The molecule has 0 atom stereocenters. The Labute approximate surface area is 184 Å². The largest absolute Gasteiger partial charge is 0.291 e. The Morgan fingerprint density at radius 2 is 1.72 bits per heavy atom. The molecular weight excluding hydrogens is 406 g/mol. The molecule has 1 aromatic heterocycles. The highest BCUT2D eigenvalue weighted by atomic mass is 16.6. The third-order valence-corrected chi connectivity index (χ3v) is 4.79. The molecule has 0 saturated carbocycles. The summed E-state index contributed by atoms with van der Waals surface area (Å²) in [5.74, 6) is -0.525. The van der Waals surface area contributed by atoms with Crippen LogP contribution in [0.5, 0.6) is 0 Å². The number of para-hydroxylation sites is 2. The summed E-state index contributed by atoms with van der Waals surface area (Å²) in [7, 11) is 0. The molecule has 4 rings (SSSR count). The fourth-order valence-corrected chi connectivity index (χ4v) is 3.17. The number of nitrogens with zero attached hydrogens (tertiary/aromatic N) is 4. The first-order chi connectivity index (χ1) is 15.5. The molecule has 0 aliphatic rings. The molecular formula is C24H19N5O3. The van der Waals surface area contributed by atoms with Crippen molar-refractivity contribution in [3.63, 3.8) is 0 Å². The van der Waals surface area contributed by atoms with Crippen LogP contribution in [0.25, 0.3) is 16.9 Å². The second-order valence-corrected chi connectivity index (χ2v) is 7.04. The summed E-state index contributed by atoms with van der Waals surface area (Å²) in [4.78, 5) is 23.3. The first kappa shape index (κ1) is 20.7. The van der Waals surface area contributed by atoms with E-state index in [1.165, 1.54) is 12.3 Å². The van der Waals surface area contributed by atoms with Crippen LogP contribution >= 0.6 is 0 Å². The Kier molecular flexibility index (Phi) is 5.85. The van der Waals surface area contributed by atoms with E-state index in [1.54, 1.807) is 28.9 Å². The molecule has 0 spiro atoms. The van der Waals surface area contributed by atoms with Crippen LogP contribution in [0.4, 0.5) is 5.69 Å². The number of nitro benzene ring substituents is 1. The van der Waals surface area contributed by atoms with Gasteiger partial charge in [-0.25, -0.2) is 10.1 Å². The van der Waals surface area contributed by atoms with Gasteiger partial charge in [-0.2, -0.15) is 10.2 Å². The second-order valence-electron chi connectivity index (χ2n) is 7.04. The Balaban J connectivity index is 1.63. The summed E-state index contributed by atoms with van der Waals surface area (Å²) in [5, 5.41) is 19.5. The zero-order valence-electron chi connectivity index (χ0n) is 17.2. The summed E-state index contributed by atoms with van der Waals surface area (Å²) in [5.41, 5.74) is 6.36. The fourth-order valence-electron chi connectivity index (χ4n) is 3.17. The van der Waals surface area contributed by atoms with Crippen molar-refractivity contribution < 1.29 is 9.72 Å². The number of nitro groups is 1. The molecule has 1 amide bonds. The molecule has 0 aliphatic heterocycles. The number of aryl methyl sites for hydroxylation is 1. The van der Waals surface area contributed by atoms with Crippen molar-refractivity contribution >= 4 is 17.8 Å². The zero-order valence-corrected chi connectivity index (χ0v) is 17.2. The van der Waals surface area contributed by atoms with Gasteiger partial charge in [0.2, 0.25) is 0 Å². The lowest BCUT2D eigenvalue weighted by Crippen LogP contribution is -2.18. The van der Waals surface area contributed by atoms with Gasteiger partial charge in [0.1, 0.15) is 0 Å². The van der Waals surface area contributed by atoms with Crippen LogP contribution in [0.1, 0.15) is 21.6 Å². The molecule has 0 unspecified atom stereocenters. The van der Waals surface area contributed by atoms with E-state index in [2.05, 4.69) is 15.6 Å².